The quantitative estimate of drug-likeness (QED) is 0.927. The van der Waals surface area contributed by atoms with Crippen molar-refractivity contribution in [3.8, 4) is 5.75 Å². The van der Waals surface area contributed by atoms with Crippen LogP contribution in [-0.2, 0) is 0 Å². The Bertz CT molecular complexity index is 526. The number of benzene rings is 1. The SMILES string of the molecule is COc1ccc(Br)cc1NC(=O)n1ccnc1. The zero-order valence-electron chi connectivity index (χ0n) is 9.05. The Kier molecular flexibility index (Phi) is 3.43. The van der Waals surface area contributed by atoms with Crippen LogP contribution in [0.3, 0.4) is 0 Å². The van der Waals surface area contributed by atoms with Gasteiger partial charge in [-0.3, -0.25) is 4.57 Å². The lowest BCUT2D eigenvalue weighted by molar-refractivity contribution is 0.253. The highest BCUT2D eigenvalue weighted by atomic mass is 79.9. The highest BCUT2D eigenvalue weighted by Gasteiger charge is 2.09. The van der Waals surface area contributed by atoms with E-state index in [0.29, 0.717) is 11.4 Å². The first-order valence-electron chi connectivity index (χ1n) is 4.83. The number of imidazole rings is 1. The standard InChI is InChI=1S/C11H10BrN3O2/c1-17-10-3-2-8(12)6-9(10)14-11(16)15-5-4-13-7-15/h2-7H,1H3,(H,14,16). The number of nitrogens with zero attached hydrogens (tertiary/aromatic N) is 2. The number of ether oxygens (including phenoxy) is 1. The van der Waals surface area contributed by atoms with Gasteiger partial charge in [0.25, 0.3) is 0 Å². The van der Waals surface area contributed by atoms with Crippen molar-refractivity contribution in [2.75, 3.05) is 12.4 Å². The highest BCUT2D eigenvalue weighted by molar-refractivity contribution is 9.10. The summed E-state index contributed by atoms with van der Waals surface area (Å²) in [5.74, 6) is 0.599. The van der Waals surface area contributed by atoms with Crippen LogP contribution in [0.25, 0.3) is 0 Å². The summed E-state index contributed by atoms with van der Waals surface area (Å²) in [5, 5.41) is 2.73. The molecule has 0 aliphatic rings. The Balaban J connectivity index is 2.23. The molecule has 0 fully saturated rings. The molecule has 0 aliphatic heterocycles. The average Bonchev–Trinajstić information content (AvgIpc) is 2.83. The molecule has 2 aromatic rings. The van der Waals surface area contributed by atoms with Gasteiger partial charge >= 0.3 is 6.03 Å². The summed E-state index contributed by atoms with van der Waals surface area (Å²) in [7, 11) is 1.55. The van der Waals surface area contributed by atoms with Crippen molar-refractivity contribution in [1.82, 2.24) is 9.55 Å². The number of anilines is 1. The average molecular weight is 296 g/mol. The van der Waals surface area contributed by atoms with E-state index < -0.39 is 0 Å². The number of hydrogen-bond acceptors (Lipinski definition) is 3. The van der Waals surface area contributed by atoms with Gasteiger partial charge in [0.05, 0.1) is 12.8 Å². The molecule has 0 aliphatic carbocycles. The first-order chi connectivity index (χ1) is 8.20. The number of amides is 1. The molecule has 1 amide bonds. The van der Waals surface area contributed by atoms with Gasteiger partial charge in [-0.15, -0.1) is 0 Å². The molecule has 0 bridgehead atoms. The first-order valence-corrected chi connectivity index (χ1v) is 5.63. The van der Waals surface area contributed by atoms with Crippen LogP contribution in [0.15, 0.2) is 41.4 Å². The maximum Gasteiger partial charge on any atom is 0.331 e. The molecule has 6 heteroatoms. The van der Waals surface area contributed by atoms with E-state index in [1.807, 2.05) is 6.07 Å². The molecule has 0 atom stereocenters. The molecule has 0 saturated heterocycles. The van der Waals surface area contributed by atoms with Crippen LogP contribution in [0.4, 0.5) is 10.5 Å². The fourth-order valence-electron chi connectivity index (χ4n) is 1.34. The van der Waals surface area contributed by atoms with E-state index in [9.17, 15) is 4.79 Å². The molecule has 0 spiro atoms. The molecular formula is C11H10BrN3O2. The van der Waals surface area contributed by atoms with Gasteiger partial charge in [-0.05, 0) is 18.2 Å². The van der Waals surface area contributed by atoms with Crippen molar-refractivity contribution in [1.29, 1.82) is 0 Å². The molecule has 1 heterocycles. The van der Waals surface area contributed by atoms with Crippen molar-refractivity contribution in [3.05, 3.63) is 41.4 Å². The molecule has 0 radical (unpaired) electrons. The van der Waals surface area contributed by atoms with Gasteiger partial charge < -0.3 is 10.1 Å². The Morgan fingerprint density at radius 2 is 2.35 bits per heavy atom. The lowest BCUT2D eigenvalue weighted by Gasteiger charge is -2.10. The largest absolute Gasteiger partial charge is 0.495 e. The van der Waals surface area contributed by atoms with Gasteiger partial charge in [0.1, 0.15) is 12.1 Å². The maximum atomic E-state index is 11.8. The fourth-order valence-corrected chi connectivity index (χ4v) is 1.70. The van der Waals surface area contributed by atoms with Gasteiger partial charge in [0, 0.05) is 16.9 Å². The summed E-state index contributed by atoms with van der Waals surface area (Å²) in [6.07, 6.45) is 4.54. The van der Waals surface area contributed by atoms with Crippen LogP contribution >= 0.6 is 15.9 Å². The minimum absolute atomic E-state index is 0.293. The number of nitrogens with one attached hydrogen (secondary N) is 1. The summed E-state index contributed by atoms with van der Waals surface area (Å²) in [6, 6.07) is 5.09. The molecule has 0 unspecified atom stereocenters. The number of methoxy groups -OCH3 is 1. The molecule has 2 rings (SSSR count). The van der Waals surface area contributed by atoms with Crippen LogP contribution in [0.5, 0.6) is 5.75 Å². The predicted molar refractivity (Wildman–Crippen MR) is 67.3 cm³/mol. The van der Waals surface area contributed by atoms with E-state index >= 15 is 0 Å². The van der Waals surface area contributed by atoms with E-state index in [0.717, 1.165) is 4.47 Å². The monoisotopic (exact) mass is 295 g/mol. The van der Waals surface area contributed by atoms with Crippen molar-refractivity contribution < 1.29 is 9.53 Å². The third-order valence-corrected chi connectivity index (χ3v) is 2.64. The fraction of sp³-hybridized carbons (Fsp3) is 0.0909. The van der Waals surface area contributed by atoms with E-state index in [1.54, 1.807) is 25.4 Å². The molecule has 1 aromatic heterocycles. The van der Waals surface area contributed by atoms with Crippen molar-refractivity contribution in [2.24, 2.45) is 0 Å². The van der Waals surface area contributed by atoms with Crippen LogP contribution in [0.1, 0.15) is 0 Å². The highest BCUT2D eigenvalue weighted by Crippen LogP contribution is 2.27. The third kappa shape index (κ3) is 2.65. The van der Waals surface area contributed by atoms with Gasteiger partial charge in [-0.1, -0.05) is 15.9 Å². The Hall–Kier alpha value is -1.82. The summed E-state index contributed by atoms with van der Waals surface area (Å²) < 4.78 is 7.37. The van der Waals surface area contributed by atoms with E-state index in [2.05, 4.69) is 26.2 Å². The predicted octanol–water partition coefficient (Wildman–Crippen LogP) is 2.73. The second kappa shape index (κ2) is 5.01. The number of aromatic nitrogens is 2. The van der Waals surface area contributed by atoms with E-state index in [1.165, 1.54) is 17.1 Å². The van der Waals surface area contributed by atoms with Crippen LogP contribution < -0.4 is 10.1 Å². The number of carbonyl (C=O) groups is 1. The van der Waals surface area contributed by atoms with Gasteiger partial charge in [0.2, 0.25) is 0 Å². The van der Waals surface area contributed by atoms with Crippen molar-refractivity contribution >= 4 is 27.6 Å². The van der Waals surface area contributed by atoms with Crippen molar-refractivity contribution in [2.45, 2.75) is 0 Å². The minimum Gasteiger partial charge on any atom is -0.495 e. The van der Waals surface area contributed by atoms with Crippen LogP contribution in [0.2, 0.25) is 0 Å². The summed E-state index contributed by atoms with van der Waals surface area (Å²) >= 11 is 3.34. The summed E-state index contributed by atoms with van der Waals surface area (Å²) in [4.78, 5) is 15.6. The molecule has 88 valence electrons. The topological polar surface area (TPSA) is 56.1 Å². The van der Waals surface area contributed by atoms with Crippen molar-refractivity contribution in [3.63, 3.8) is 0 Å². The molecular weight excluding hydrogens is 286 g/mol. The Morgan fingerprint density at radius 1 is 1.53 bits per heavy atom. The molecule has 1 aromatic carbocycles. The normalized spacial score (nSPS) is 10.0. The van der Waals surface area contributed by atoms with Gasteiger partial charge in [-0.25, -0.2) is 9.78 Å². The minimum atomic E-state index is -0.293. The van der Waals surface area contributed by atoms with Crippen LogP contribution in [0, 0.1) is 0 Å². The second-order valence-corrected chi connectivity index (χ2v) is 4.16. The first kappa shape index (κ1) is 11.7. The molecule has 17 heavy (non-hydrogen) atoms. The van der Waals surface area contributed by atoms with E-state index in [4.69, 9.17) is 4.74 Å². The van der Waals surface area contributed by atoms with Gasteiger partial charge in [-0.2, -0.15) is 0 Å². The smallest absolute Gasteiger partial charge is 0.331 e. The maximum absolute atomic E-state index is 11.8. The Labute approximate surface area is 107 Å². The summed E-state index contributed by atoms with van der Waals surface area (Å²) in [5.41, 5.74) is 0.598. The molecule has 5 nitrogen and oxygen atoms in total. The number of hydrogen-bond donors (Lipinski definition) is 1. The zero-order chi connectivity index (χ0) is 12.3. The molecule has 1 N–H and O–H groups in total. The van der Waals surface area contributed by atoms with E-state index in [-0.39, 0.29) is 6.03 Å². The molecule has 0 saturated carbocycles. The number of rotatable bonds is 2. The lowest BCUT2D eigenvalue weighted by atomic mass is 10.3. The third-order valence-electron chi connectivity index (χ3n) is 2.14. The second-order valence-electron chi connectivity index (χ2n) is 3.24. The lowest BCUT2D eigenvalue weighted by Crippen LogP contribution is -2.18. The Morgan fingerprint density at radius 3 is 3.00 bits per heavy atom. The van der Waals surface area contributed by atoms with Gasteiger partial charge in [0.15, 0.2) is 0 Å². The zero-order valence-corrected chi connectivity index (χ0v) is 10.6. The summed E-state index contributed by atoms with van der Waals surface area (Å²) in [6.45, 7) is 0. The number of carbonyl (C=O) groups excluding carboxylic acids is 1. The van der Waals surface area contributed by atoms with Crippen LogP contribution in [-0.4, -0.2) is 22.7 Å². The number of halogens is 1.